The molecule has 3 heteroatoms. The highest BCUT2D eigenvalue weighted by Gasteiger charge is 2.17. The molecule has 0 aliphatic heterocycles. The van der Waals surface area contributed by atoms with Gasteiger partial charge in [0.25, 0.3) is 0 Å². The molecule has 0 spiro atoms. The summed E-state index contributed by atoms with van der Waals surface area (Å²) in [6.07, 6.45) is 0. The number of hydrogen-bond acceptors (Lipinski definition) is 1. The highest BCUT2D eigenvalue weighted by Crippen LogP contribution is 2.23. The average Bonchev–Trinajstić information content (AvgIpc) is 2.39. The molecule has 1 nitrogen and oxygen atoms in total. The monoisotopic (exact) mass is 261 g/mol. The van der Waals surface area contributed by atoms with Crippen molar-refractivity contribution in [1.29, 1.82) is 0 Å². The smallest absolute Gasteiger partial charge is 0.130 e. The molecule has 2 aromatic rings. The number of halogens is 2. The maximum Gasteiger partial charge on any atom is 0.130 e. The van der Waals surface area contributed by atoms with Crippen LogP contribution in [-0.2, 0) is 0 Å². The number of rotatable bonds is 4. The maximum atomic E-state index is 13.7. The molecule has 2 atom stereocenters. The lowest BCUT2D eigenvalue weighted by molar-refractivity contribution is 0.450. The van der Waals surface area contributed by atoms with Gasteiger partial charge in [-0.2, -0.15) is 0 Å². The van der Waals surface area contributed by atoms with Crippen LogP contribution in [0.25, 0.3) is 0 Å². The fraction of sp³-hybridized carbons (Fsp3) is 0.250. The summed E-state index contributed by atoms with van der Waals surface area (Å²) in [5, 5.41) is 3.21. The van der Waals surface area contributed by atoms with Crippen LogP contribution in [0.2, 0.25) is 0 Å². The van der Waals surface area contributed by atoms with Crippen LogP contribution >= 0.6 is 0 Å². The largest absolute Gasteiger partial charge is 0.303 e. The normalized spacial score (nSPS) is 14.1. The van der Waals surface area contributed by atoms with Gasteiger partial charge in [-0.1, -0.05) is 36.4 Å². The van der Waals surface area contributed by atoms with Crippen molar-refractivity contribution in [1.82, 2.24) is 5.32 Å². The summed E-state index contributed by atoms with van der Waals surface area (Å²) in [5.74, 6) is -1.03. The summed E-state index contributed by atoms with van der Waals surface area (Å²) >= 11 is 0. The zero-order valence-corrected chi connectivity index (χ0v) is 11.0. The molecule has 0 radical (unpaired) electrons. The first kappa shape index (κ1) is 13.7. The van der Waals surface area contributed by atoms with E-state index in [2.05, 4.69) is 5.32 Å². The van der Waals surface area contributed by atoms with Crippen molar-refractivity contribution in [2.75, 3.05) is 0 Å². The van der Waals surface area contributed by atoms with Crippen molar-refractivity contribution in [2.45, 2.75) is 25.9 Å². The Morgan fingerprint density at radius 2 is 1.37 bits per heavy atom. The van der Waals surface area contributed by atoms with Crippen molar-refractivity contribution >= 4 is 0 Å². The van der Waals surface area contributed by atoms with Crippen molar-refractivity contribution in [3.8, 4) is 0 Å². The molecular weight excluding hydrogens is 244 g/mol. The third-order valence-electron chi connectivity index (χ3n) is 3.23. The molecule has 1 unspecified atom stereocenters. The van der Waals surface area contributed by atoms with Crippen molar-refractivity contribution < 1.29 is 8.78 Å². The van der Waals surface area contributed by atoms with Gasteiger partial charge in [-0.3, -0.25) is 0 Å². The summed E-state index contributed by atoms with van der Waals surface area (Å²) in [7, 11) is 0. The Kier molecular flexibility index (Phi) is 4.27. The van der Waals surface area contributed by atoms with Crippen LogP contribution < -0.4 is 5.32 Å². The molecule has 0 amide bonds. The Balaban J connectivity index is 2.15. The zero-order chi connectivity index (χ0) is 13.8. The van der Waals surface area contributed by atoms with Crippen LogP contribution in [0.5, 0.6) is 0 Å². The van der Waals surface area contributed by atoms with Gasteiger partial charge in [0.05, 0.1) is 0 Å². The van der Waals surface area contributed by atoms with Crippen LogP contribution in [0, 0.1) is 11.6 Å². The Morgan fingerprint density at radius 3 is 1.95 bits per heavy atom. The van der Waals surface area contributed by atoms with Gasteiger partial charge >= 0.3 is 0 Å². The van der Waals surface area contributed by atoms with Crippen molar-refractivity contribution in [3.05, 3.63) is 71.3 Å². The third kappa shape index (κ3) is 3.18. The molecule has 19 heavy (non-hydrogen) atoms. The van der Waals surface area contributed by atoms with E-state index in [-0.39, 0.29) is 11.6 Å². The van der Waals surface area contributed by atoms with Crippen LogP contribution in [0.15, 0.2) is 48.5 Å². The van der Waals surface area contributed by atoms with E-state index in [1.807, 2.05) is 37.3 Å². The Bertz CT molecular complexity index is 519. The van der Waals surface area contributed by atoms with Gasteiger partial charge in [0.1, 0.15) is 11.6 Å². The molecule has 100 valence electrons. The molecule has 0 heterocycles. The third-order valence-corrected chi connectivity index (χ3v) is 3.23. The first-order valence-corrected chi connectivity index (χ1v) is 6.34. The van der Waals surface area contributed by atoms with Crippen LogP contribution in [0.4, 0.5) is 8.78 Å². The minimum atomic E-state index is -0.514. The molecule has 0 fully saturated rings. The maximum absolute atomic E-state index is 13.7. The van der Waals surface area contributed by atoms with E-state index in [9.17, 15) is 8.78 Å². The first-order valence-electron chi connectivity index (χ1n) is 6.34. The van der Waals surface area contributed by atoms with Gasteiger partial charge in [-0.25, -0.2) is 8.78 Å². The lowest BCUT2D eigenvalue weighted by atomic mass is 10.0. The molecular formula is C16H17F2N. The van der Waals surface area contributed by atoms with E-state index in [1.54, 1.807) is 6.92 Å². The lowest BCUT2D eigenvalue weighted by Gasteiger charge is -2.21. The van der Waals surface area contributed by atoms with E-state index in [0.717, 1.165) is 5.56 Å². The number of benzene rings is 2. The molecule has 2 rings (SSSR count). The van der Waals surface area contributed by atoms with E-state index < -0.39 is 17.7 Å². The Labute approximate surface area is 112 Å². The quantitative estimate of drug-likeness (QED) is 0.861. The molecule has 0 bridgehead atoms. The van der Waals surface area contributed by atoms with E-state index in [4.69, 9.17) is 0 Å². The van der Waals surface area contributed by atoms with Crippen LogP contribution in [0.1, 0.15) is 37.1 Å². The summed E-state index contributed by atoms with van der Waals surface area (Å²) in [5.41, 5.74) is 1.18. The Morgan fingerprint density at radius 1 is 0.789 bits per heavy atom. The summed E-state index contributed by atoms with van der Waals surface area (Å²) < 4.78 is 27.3. The van der Waals surface area contributed by atoms with E-state index in [0.29, 0.717) is 0 Å². The Hall–Kier alpha value is -1.74. The molecule has 1 N–H and O–H groups in total. The molecule has 2 aromatic carbocycles. The summed E-state index contributed by atoms with van der Waals surface area (Å²) in [6, 6.07) is 13.4. The van der Waals surface area contributed by atoms with E-state index >= 15 is 0 Å². The van der Waals surface area contributed by atoms with Gasteiger partial charge in [-0.05, 0) is 31.5 Å². The van der Waals surface area contributed by atoms with Crippen molar-refractivity contribution in [2.24, 2.45) is 0 Å². The van der Waals surface area contributed by atoms with Gasteiger partial charge < -0.3 is 5.32 Å². The van der Waals surface area contributed by atoms with Crippen molar-refractivity contribution in [3.63, 3.8) is 0 Å². The average molecular weight is 261 g/mol. The van der Waals surface area contributed by atoms with Gasteiger partial charge in [0.15, 0.2) is 0 Å². The van der Waals surface area contributed by atoms with E-state index in [1.165, 1.54) is 18.2 Å². The van der Waals surface area contributed by atoms with Gasteiger partial charge in [-0.15, -0.1) is 0 Å². The predicted molar refractivity (Wildman–Crippen MR) is 72.8 cm³/mol. The minimum Gasteiger partial charge on any atom is -0.303 e. The summed E-state index contributed by atoms with van der Waals surface area (Å²) in [6.45, 7) is 3.74. The second kappa shape index (κ2) is 5.93. The van der Waals surface area contributed by atoms with Gasteiger partial charge in [0.2, 0.25) is 0 Å². The lowest BCUT2D eigenvalue weighted by Crippen LogP contribution is -2.24. The molecule has 0 saturated heterocycles. The highest BCUT2D eigenvalue weighted by molar-refractivity contribution is 5.24. The second-order valence-corrected chi connectivity index (χ2v) is 4.66. The minimum absolute atomic E-state index is 0.0233. The number of nitrogens with one attached hydrogen (secondary N) is 1. The predicted octanol–water partition coefficient (Wildman–Crippen LogP) is 4.38. The van der Waals surface area contributed by atoms with Crippen LogP contribution in [-0.4, -0.2) is 0 Å². The molecule has 0 saturated carbocycles. The van der Waals surface area contributed by atoms with Gasteiger partial charge in [0, 0.05) is 17.6 Å². The first-order chi connectivity index (χ1) is 9.09. The standard InChI is InChI=1S/C16H17F2N/c1-11(13-7-4-3-5-8-13)19-12(2)16-14(17)9-6-10-15(16)18/h3-12,19H,1-2H3/t11-,12?/m0/s1. The fourth-order valence-electron chi connectivity index (χ4n) is 2.22. The molecule has 0 aliphatic rings. The number of hydrogen-bond donors (Lipinski definition) is 1. The SMILES string of the molecule is CC(N[C@@H](C)c1ccccc1)c1c(F)cccc1F. The van der Waals surface area contributed by atoms with Crippen LogP contribution in [0.3, 0.4) is 0 Å². The summed E-state index contributed by atoms with van der Waals surface area (Å²) in [4.78, 5) is 0. The fourth-order valence-corrected chi connectivity index (χ4v) is 2.22. The zero-order valence-electron chi connectivity index (χ0n) is 11.0. The molecule has 0 aliphatic carbocycles. The second-order valence-electron chi connectivity index (χ2n) is 4.66. The highest BCUT2D eigenvalue weighted by atomic mass is 19.1. The topological polar surface area (TPSA) is 12.0 Å². The molecule has 0 aromatic heterocycles.